The molecule has 2 aliphatic rings. The van der Waals surface area contributed by atoms with Gasteiger partial charge in [-0.25, -0.2) is 0 Å². The summed E-state index contributed by atoms with van der Waals surface area (Å²) in [6.45, 7) is 5.08. The van der Waals surface area contributed by atoms with Crippen molar-refractivity contribution < 1.29 is 14.6 Å². The molecule has 2 aromatic carbocycles. The zero-order chi connectivity index (χ0) is 21.6. The average Bonchev–Trinajstić information content (AvgIpc) is 3.23. The number of guanidine groups is 1. The van der Waals surface area contributed by atoms with Crippen LogP contribution in [0.1, 0.15) is 11.1 Å². The molecule has 0 amide bonds. The van der Waals surface area contributed by atoms with E-state index in [1.165, 1.54) is 5.56 Å². The van der Waals surface area contributed by atoms with Crippen LogP contribution < -0.4 is 10.1 Å². The molecule has 0 spiro atoms. The number of hydrogen-bond acceptors (Lipinski definition) is 5. The standard InChI is InChI=1S/C24H32N4O3/c1-25-24(26-11-10-19-8-9-20(30-2)14-22(19)29)28-16-21-23(17-28)31-13-12-27(21)15-18-6-4-3-5-7-18/h3-9,14,21,23,29H,10-13,15-17H2,1-2H3,(H,25,26). The first-order valence-electron chi connectivity index (χ1n) is 10.9. The van der Waals surface area contributed by atoms with E-state index in [0.717, 1.165) is 44.3 Å². The second-order valence-corrected chi connectivity index (χ2v) is 8.06. The van der Waals surface area contributed by atoms with Crippen molar-refractivity contribution in [1.29, 1.82) is 0 Å². The molecule has 7 nitrogen and oxygen atoms in total. The highest BCUT2D eigenvalue weighted by atomic mass is 16.5. The van der Waals surface area contributed by atoms with Gasteiger partial charge in [-0.3, -0.25) is 9.89 Å². The third-order valence-electron chi connectivity index (χ3n) is 6.13. The third kappa shape index (κ3) is 5.11. The number of morpholine rings is 1. The minimum absolute atomic E-state index is 0.196. The number of benzene rings is 2. The minimum atomic E-state index is 0.196. The van der Waals surface area contributed by atoms with Gasteiger partial charge in [0.2, 0.25) is 0 Å². The van der Waals surface area contributed by atoms with E-state index in [2.05, 4.69) is 50.4 Å². The van der Waals surface area contributed by atoms with Gasteiger partial charge in [0.25, 0.3) is 0 Å². The Morgan fingerprint density at radius 1 is 1.23 bits per heavy atom. The van der Waals surface area contributed by atoms with Crippen LogP contribution in [0.15, 0.2) is 53.5 Å². The Morgan fingerprint density at radius 3 is 2.81 bits per heavy atom. The molecule has 2 atom stereocenters. The van der Waals surface area contributed by atoms with E-state index in [4.69, 9.17) is 9.47 Å². The van der Waals surface area contributed by atoms with E-state index >= 15 is 0 Å². The fraction of sp³-hybridized carbons (Fsp3) is 0.458. The lowest BCUT2D eigenvalue weighted by Gasteiger charge is -2.36. The van der Waals surface area contributed by atoms with Crippen molar-refractivity contribution in [2.45, 2.75) is 25.1 Å². The molecule has 2 saturated heterocycles. The highest BCUT2D eigenvalue weighted by Gasteiger charge is 2.41. The zero-order valence-electron chi connectivity index (χ0n) is 18.3. The first-order valence-corrected chi connectivity index (χ1v) is 10.9. The Bertz CT molecular complexity index is 890. The van der Waals surface area contributed by atoms with E-state index in [-0.39, 0.29) is 11.9 Å². The molecule has 2 fully saturated rings. The van der Waals surface area contributed by atoms with Gasteiger partial charge in [-0.05, 0) is 23.6 Å². The van der Waals surface area contributed by atoms with Gasteiger partial charge in [0.1, 0.15) is 11.5 Å². The smallest absolute Gasteiger partial charge is 0.193 e. The molecule has 0 radical (unpaired) electrons. The van der Waals surface area contributed by atoms with Gasteiger partial charge < -0.3 is 24.8 Å². The predicted octanol–water partition coefficient (Wildman–Crippen LogP) is 2.10. The van der Waals surface area contributed by atoms with Gasteiger partial charge in [0.05, 0.1) is 25.9 Å². The molecule has 2 aliphatic heterocycles. The second-order valence-electron chi connectivity index (χ2n) is 8.06. The van der Waals surface area contributed by atoms with Gasteiger partial charge >= 0.3 is 0 Å². The number of rotatable bonds is 6. The largest absolute Gasteiger partial charge is 0.508 e. The van der Waals surface area contributed by atoms with Crippen LogP contribution in [0.3, 0.4) is 0 Å². The van der Waals surface area contributed by atoms with Gasteiger partial charge in [-0.1, -0.05) is 36.4 Å². The van der Waals surface area contributed by atoms with E-state index in [1.807, 2.05) is 19.2 Å². The van der Waals surface area contributed by atoms with Crippen molar-refractivity contribution in [3.8, 4) is 11.5 Å². The first kappa shape index (κ1) is 21.5. The summed E-state index contributed by atoms with van der Waals surface area (Å²) in [5.41, 5.74) is 2.22. The van der Waals surface area contributed by atoms with Crippen molar-refractivity contribution in [3.63, 3.8) is 0 Å². The Labute approximate surface area is 184 Å². The number of ether oxygens (including phenoxy) is 2. The number of fused-ring (bicyclic) bond motifs is 1. The van der Waals surface area contributed by atoms with Gasteiger partial charge in [-0.2, -0.15) is 0 Å². The Balaban J connectivity index is 1.33. The first-order chi connectivity index (χ1) is 15.2. The Kier molecular flexibility index (Phi) is 6.94. The minimum Gasteiger partial charge on any atom is -0.508 e. The summed E-state index contributed by atoms with van der Waals surface area (Å²) in [4.78, 5) is 9.31. The van der Waals surface area contributed by atoms with Crippen LogP contribution in [0.2, 0.25) is 0 Å². The molecule has 2 unspecified atom stereocenters. The number of phenols is 1. The summed E-state index contributed by atoms with van der Waals surface area (Å²) < 4.78 is 11.2. The summed E-state index contributed by atoms with van der Waals surface area (Å²) in [7, 11) is 3.41. The SMILES string of the molecule is CN=C(NCCc1ccc(OC)cc1O)N1CC2OCCN(Cc3ccccc3)C2C1. The molecular formula is C24H32N4O3. The molecule has 0 aromatic heterocycles. The number of aliphatic imine (C=N–C) groups is 1. The van der Waals surface area contributed by atoms with Crippen molar-refractivity contribution >= 4 is 5.96 Å². The molecule has 2 heterocycles. The summed E-state index contributed by atoms with van der Waals surface area (Å²) in [5, 5.41) is 13.6. The van der Waals surface area contributed by atoms with Crippen LogP contribution >= 0.6 is 0 Å². The number of methoxy groups -OCH3 is 1. The number of phenolic OH excluding ortho intramolecular Hbond substituents is 1. The second kappa shape index (κ2) is 10.0. The number of aromatic hydroxyl groups is 1. The maximum atomic E-state index is 10.2. The number of likely N-dealkylation sites (tertiary alicyclic amines) is 1. The summed E-state index contributed by atoms with van der Waals surface area (Å²) >= 11 is 0. The van der Waals surface area contributed by atoms with Crippen LogP contribution in [0, 0.1) is 0 Å². The topological polar surface area (TPSA) is 69.6 Å². The highest BCUT2D eigenvalue weighted by Crippen LogP contribution is 2.25. The molecular weight excluding hydrogens is 392 g/mol. The molecule has 0 bridgehead atoms. The lowest BCUT2D eigenvalue weighted by atomic mass is 10.1. The van der Waals surface area contributed by atoms with Crippen molar-refractivity contribution in [1.82, 2.24) is 15.1 Å². The van der Waals surface area contributed by atoms with Crippen LogP contribution in [0.4, 0.5) is 0 Å². The van der Waals surface area contributed by atoms with Crippen LogP contribution in [-0.4, -0.2) is 80.0 Å². The molecule has 0 aliphatic carbocycles. The fourth-order valence-corrected chi connectivity index (χ4v) is 4.47. The number of hydrogen-bond donors (Lipinski definition) is 2. The molecule has 0 saturated carbocycles. The van der Waals surface area contributed by atoms with Crippen molar-refractivity contribution in [2.75, 3.05) is 46.9 Å². The van der Waals surface area contributed by atoms with Gasteiger partial charge in [0, 0.05) is 45.8 Å². The van der Waals surface area contributed by atoms with E-state index in [9.17, 15) is 5.11 Å². The molecule has 166 valence electrons. The maximum Gasteiger partial charge on any atom is 0.193 e. The Hall–Kier alpha value is -2.77. The third-order valence-corrected chi connectivity index (χ3v) is 6.13. The quantitative estimate of drug-likeness (QED) is 0.547. The normalized spacial score (nSPS) is 21.7. The predicted molar refractivity (Wildman–Crippen MR) is 122 cm³/mol. The Morgan fingerprint density at radius 2 is 2.06 bits per heavy atom. The summed E-state index contributed by atoms with van der Waals surface area (Å²) in [5.74, 6) is 1.80. The molecule has 31 heavy (non-hydrogen) atoms. The monoisotopic (exact) mass is 424 g/mol. The van der Waals surface area contributed by atoms with E-state index < -0.39 is 0 Å². The maximum absolute atomic E-state index is 10.2. The lowest BCUT2D eigenvalue weighted by molar-refractivity contribution is -0.0502. The van der Waals surface area contributed by atoms with Crippen molar-refractivity contribution in [2.24, 2.45) is 4.99 Å². The van der Waals surface area contributed by atoms with Crippen LogP contribution in [0.25, 0.3) is 0 Å². The van der Waals surface area contributed by atoms with Crippen LogP contribution in [0.5, 0.6) is 11.5 Å². The van der Waals surface area contributed by atoms with Crippen LogP contribution in [-0.2, 0) is 17.7 Å². The van der Waals surface area contributed by atoms with Gasteiger partial charge in [-0.15, -0.1) is 0 Å². The summed E-state index contributed by atoms with van der Waals surface area (Å²) in [6.07, 6.45) is 0.897. The fourth-order valence-electron chi connectivity index (χ4n) is 4.47. The summed E-state index contributed by atoms with van der Waals surface area (Å²) in [6, 6.07) is 16.4. The zero-order valence-corrected chi connectivity index (χ0v) is 18.3. The van der Waals surface area contributed by atoms with Gasteiger partial charge in [0.15, 0.2) is 5.96 Å². The number of nitrogens with one attached hydrogen (secondary N) is 1. The molecule has 2 N–H and O–H groups in total. The molecule has 2 aromatic rings. The van der Waals surface area contributed by atoms with E-state index in [0.29, 0.717) is 24.8 Å². The average molecular weight is 425 g/mol. The lowest BCUT2D eigenvalue weighted by Crippen LogP contribution is -2.50. The highest BCUT2D eigenvalue weighted by molar-refractivity contribution is 5.80. The molecule has 4 rings (SSSR count). The molecule has 7 heteroatoms. The van der Waals surface area contributed by atoms with E-state index in [1.54, 1.807) is 13.2 Å². The van der Waals surface area contributed by atoms with Crippen molar-refractivity contribution in [3.05, 3.63) is 59.7 Å². The number of nitrogens with zero attached hydrogens (tertiary/aromatic N) is 3.